The summed E-state index contributed by atoms with van der Waals surface area (Å²) < 4.78 is 2.19. The van der Waals surface area contributed by atoms with Gasteiger partial charge in [-0.2, -0.15) is 0 Å². The summed E-state index contributed by atoms with van der Waals surface area (Å²) in [5.41, 5.74) is 0. The summed E-state index contributed by atoms with van der Waals surface area (Å²) in [6.07, 6.45) is 0.528. The lowest BCUT2D eigenvalue weighted by atomic mass is 10.2. The Balaban J connectivity index is 2.13. The van der Waals surface area contributed by atoms with E-state index in [1.165, 1.54) is 4.88 Å². The largest absolute Gasteiger partial charge is 0.356 e. The van der Waals surface area contributed by atoms with Crippen molar-refractivity contribution in [2.75, 3.05) is 13.1 Å². The van der Waals surface area contributed by atoms with Crippen molar-refractivity contribution in [3.05, 3.63) is 19.2 Å². The van der Waals surface area contributed by atoms with Gasteiger partial charge in [-0.05, 0) is 43.8 Å². The molecule has 102 valence electrons. The van der Waals surface area contributed by atoms with Gasteiger partial charge in [0.1, 0.15) is 0 Å². The van der Waals surface area contributed by atoms with Gasteiger partial charge in [-0.3, -0.25) is 4.79 Å². The molecule has 0 aromatic carbocycles. The molecule has 0 aliphatic heterocycles. The Morgan fingerprint density at radius 1 is 1.44 bits per heavy atom. The van der Waals surface area contributed by atoms with E-state index in [-0.39, 0.29) is 5.91 Å². The highest BCUT2D eigenvalue weighted by molar-refractivity contribution is 9.13. The summed E-state index contributed by atoms with van der Waals surface area (Å²) in [5.74, 6) is 0.618. The van der Waals surface area contributed by atoms with Crippen LogP contribution < -0.4 is 10.6 Å². The Morgan fingerprint density at radius 2 is 2.17 bits per heavy atom. The summed E-state index contributed by atoms with van der Waals surface area (Å²) >= 11 is 8.61. The molecule has 1 rings (SSSR count). The first-order valence-electron chi connectivity index (χ1n) is 5.90. The molecular formula is C12H18Br2N2OS. The quantitative estimate of drug-likeness (QED) is 0.691. The summed E-state index contributed by atoms with van der Waals surface area (Å²) in [5, 5.41) is 6.17. The maximum atomic E-state index is 11.5. The van der Waals surface area contributed by atoms with Crippen LogP contribution in [-0.2, 0) is 11.3 Å². The Labute approximate surface area is 129 Å². The Kier molecular flexibility index (Phi) is 7.44. The monoisotopic (exact) mass is 396 g/mol. The number of carbonyl (C=O) groups is 1. The highest BCUT2D eigenvalue weighted by Crippen LogP contribution is 2.32. The highest BCUT2D eigenvalue weighted by Gasteiger charge is 2.05. The summed E-state index contributed by atoms with van der Waals surface area (Å²) in [6, 6.07) is 2.08. The maximum Gasteiger partial charge on any atom is 0.221 e. The van der Waals surface area contributed by atoms with Crippen LogP contribution in [0.25, 0.3) is 0 Å². The minimum absolute atomic E-state index is 0.116. The number of carbonyl (C=O) groups excluding carboxylic acids is 1. The second-order valence-electron chi connectivity index (χ2n) is 4.46. The van der Waals surface area contributed by atoms with Crippen molar-refractivity contribution in [1.82, 2.24) is 10.6 Å². The molecule has 0 saturated heterocycles. The van der Waals surface area contributed by atoms with E-state index in [1.54, 1.807) is 11.3 Å². The minimum Gasteiger partial charge on any atom is -0.356 e. The van der Waals surface area contributed by atoms with Crippen molar-refractivity contribution in [2.45, 2.75) is 26.8 Å². The van der Waals surface area contributed by atoms with E-state index in [0.29, 0.717) is 18.9 Å². The maximum absolute atomic E-state index is 11.5. The molecule has 0 atom stereocenters. The van der Waals surface area contributed by atoms with Gasteiger partial charge in [0.15, 0.2) is 0 Å². The first-order chi connectivity index (χ1) is 8.49. The molecule has 0 fully saturated rings. The van der Waals surface area contributed by atoms with E-state index in [2.05, 4.69) is 62.4 Å². The fourth-order valence-corrected chi connectivity index (χ4v) is 3.44. The zero-order chi connectivity index (χ0) is 13.5. The van der Waals surface area contributed by atoms with Crippen LogP contribution in [0.1, 0.15) is 25.1 Å². The van der Waals surface area contributed by atoms with Crippen LogP contribution >= 0.6 is 43.2 Å². The molecule has 0 bridgehead atoms. The van der Waals surface area contributed by atoms with Crippen molar-refractivity contribution in [3.63, 3.8) is 0 Å². The smallest absolute Gasteiger partial charge is 0.221 e. The van der Waals surface area contributed by atoms with Crippen LogP contribution in [0.15, 0.2) is 14.3 Å². The molecule has 1 amide bonds. The molecule has 2 N–H and O–H groups in total. The highest BCUT2D eigenvalue weighted by atomic mass is 79.9. The zero-order valence-electron chi connectivity index (χ0n) is 10.6. The standard InChI is InChI=1S/C12H18Br2N2OS/c1-8(2)6-16-11(17)3-4-15-7-9-5-10(13)12(14)18-9/h5,8,15H,3-4,6-7H2,1-2H3,(H,16,17). The van der Waals surface area contributed by atoms with Crippen molar-refractivity contribution >= 4 is 49.1 Å². The molecule has 3 nitrogen and oxygen atoms in total. The molecule has 6 heteroatoms. The lowest BCUT2D eigenvalue weighted by molar-refractivity contribution is -0.121. The van der Waals surface area contributed by atoms with E-state index < -0.39 is 0 Å². The van der Waals surface area contributed by atoms with Crippen molar-refractivity contribution in [2.24, 2.45) is 5.92 Å². The minimum atomic E-state index is 0.116. The lowest BCUT2D eigenvalue weighted by Crippen LogP contribution is -2.30. The molecule has 0 saturated carbocycles. The number of halogens is 2. The first-order valence-corrected chi connectivity index (χ1v) is 8.30. The lowest BCUT2D eigenvalue weighted by Gasteiger charge is -2.07. The van der Waals surface area contributed by atoms with Crippen LogP contribution in [0.3, 0.4) is 0 Å². The fraction of sp³-hybridized carbons (Fsp3) is 0.583. The van der Waals surface area contributed by atoms with Gasteiger partial charge in [-0.1, -0.05) is 13.8 Å². The predicted molar refractivity (Wildman–Crippen MR) is 83.9 cm³/mol. The van der Waals surface area contributed by atoms with Crippen molar-refractivity contribution in [3.8, 4) is 0 Å². The van der Waals surface area contributed by atoms with Gasteiger partial charge in [-0.15, -0.1) is 11.3 Å². The summed E-state index contributed by atoms with van der Waals surface area (Å²) in [6.45, 7) is 6.43. The van der Waals surface area contributed by atoms with Crippen LogP contribution in [0.2, 0.25) is 0 Å². The van der Waals surface area contributed by atoms with Crippen molar-refractivity contribution in [1.29, 1.82) is 0 Å². The van der Waals surface area contributed by atoms with Crippen LogP contribution in [0, 0.1) is 5.92 Å². The third kappa shape index (κ3) is 6.31. The third-order valence-corrected chi connectivity index (χ3v) is 5.49. The SMILES string of the molecule is CC(C)CNC(=O)CCNCc1cc(Br)c(Br)s1. The van der Waals surface area contributed by atoms with E-state index in [0.717, 1.165) is 21.3 Å². The summed E-state index contributed by atoms with van der Waals surface area (Å²) in [7, 11) is 0. The number of nitrogens with one attached hydrogen (secondary N) is 2. The number of hydrogen-bond acceptors (Lipinski definition) is 3. The third-order valence-electron chi connectivity index (χ3n) is 2.23. The number of thiophene rings is 1. The average molecular weight is 398 g/mol. The van der Waals surface area contributed by atoms with Gasteiger partial charge in [0.05, 0.1) is 3.79 Å². The Bertz CT molecular complexity index is 374. The topological polar surface area (TPSA) is 41.1 Å². The summed E-state index contributed by atoms with van der Waals surface area (Å²) in [4.78, 5) is 12.7. The fourth-order valence-electron chi connectivity index (χ4n) is 1.30. The van der Waals surface area contributed by atoms with Gasteiger partial charge >= 0.3 is 0 Å². The van der Waals surface area contributed by atoms with Crippen molar-refractivity contribution < 1.29 is 4.79 Å². The Hall–Kier alpha value is 0.0900. The number of hydrogen-bond donors (Lipinski definition) is 2. The number of rotatable bonds is 7. The van der Waals surface area contributed by atoms with Crippen LogP contribution in [0.4, 0.5) is 0 Å². The molecule has 0 aliphatic rings. The van der Waals surface area contributed by atoms with Gasteiger partial charge in [0.25, 0.3) is 0 Å². The van der Waals surface area contributed by atoms with Crippen LogP contribution in [0.5, 0.6) is 0 Å². The molecular weight excluding hydrogens is 380 g/mol. The van der Waals surface area contributed by atoms with E-state index in [9.17, 15) is 4.79 Å². The van der Waals surface area contributed by atoms with Crippen LogP contribution in [-0.4, -0.2) is 19.0 Å². The van der Waals surface area contributed by atoms with Gasteiger partial charge in [-0.25, -0.2) is 0 Å². The van der Waals surface area contributed by atoms with E-state index in [4.69, 9.17) is 0 Å². The van der Waals surface area contributed by atoms with Gasteiger partial charge < -0.3 is 10.6 Å². The number of amides is 1. The second-order valence-corrected chi connectivity index (χ2v) is 7.77. The Morgan fingerprint density at radius 3 is 2.72 bits per heavy atom. The van der Waals surface area contributed by atoms with E-state index in [1.807, 2.05) is 0 Å². The first kappa shape index (κ1) is 16.1. The average Bonchev–Trinajstić information content (AvgIpc) is 2.62. The molecule has 18 heavy (non-hydrogen) atoms. The predicted octanol–water partition coefficient (Wildman–Crippen LogP) is 3.53. The normalized spacial score (nSPS) is 10.9. The molecule has 1 aromatic heterocycles. The second kappa shape index (κ2) is 8.30. The molecule has 1 heterocycles. The van der Waals surface area contributed by atoms with Gasteiger partial charge in [0.2, 0.25) is 5.91 Å². The zero-order valence-corrected chi connectivity index (χ0v) is 14.5. The van der Waals surface area contributed by atoms with E-state index >= 15 is 0 Å². The molecule has 0 aliphatic carbocycles. The molecule has 0 spiro atoms. The van der Waals surface area contributed by atoms with Gasteiger partial charge in [0, 0.05) is 35.4 Å². The molecule has 0 radical (unpaired) electrons. The molecule has 1 aromatic rings. The molecule has 0 unspecified atom stereocenters.